The number of phenols is 1. The van der Waals surface area contributed by atoms with Crippen LogP contribution in [-0.4, -0.2) is 23.8 Å². The van der Waals surface area contributed by atoms with Gasteiger partial charge in [-0.1, -0.05) is 22.0 Å². The molecule has 24 heavy (non-hydrogen) atoms. The molecule has 0 radical (unpaired) electrons. The first kappa shape index (κ1) is 18.3. The SMILES string of the molecule is O=C(NN=Cc1cc(Br)cc(Br)c1O)c1cccc(OC(F)F)c1. The van der Waals surface area contributed by atoms with Crippen LogP contribution in [0.5, 0.6) is 11.5 Å². The number of carbonyl (C=O) groups excluding carboxylic acids is 1. The van der Waals surface area contributed by atoms with Crippen molar-refractivity contribution in [1.29, 1.82) is 0 Å². The monoisotopic (exact) mass is 462 g/mol. The maximum absolute atomic E-state index is 12.2. The molecule has 0 saturated heterocycles. The molecular weight excluding hydrogens is 454 g/mol. The smallest absolute Gasteiger partial charge is 0.387 e. The molecule has 2 rings (SSSR count). The minimum Gasteiger partial charge on any atom is -0.506 e. The van der Waals surface area contributed by atoms with Crippen molar-refractivity contribution in [2.24, 2.45) is 5.10 Å². The number of hydrogen-bond donors (Lipinski definition) is 2. The van der Waals surface area contributed by atoms with Crippen LogP contribution in [0.1, 0.15) is 15.9 Å². The molecule has 0 aliphatic carbocycles. The summed E-state index contributed by atoms with van der Waals surface area (Å²) in [5, 5.41) is 13.6. The van der Waals surface area contributed by atoms with Crippen molar-refractivity contribution in [2.45, 2.75) is 6.61 Å². The van der Waals surface area contributed by atoms with E-state index in [-0.39, 0.29) is 17.1 Å². The zero-order valence-corrected chi connectivity index (χ0v) is 15.0. The summed E-state index contributed by atoms with van der Waals surface area (Å²) < 4.78 is 29.7. The third-order valence-electron chi connectivity index (χ3n) is 2.75. The van der Waals surface area contributed by atoms with Crippen LogP contribution in [0.25, 0.3) is 0 Å². The number of aromatic hydroxyl groups is 1. The maximum atomic E-state index is 12.2. The fraction of sp³-hybridized carbons (Fsp3) is 0.0667. The normalized spacial score (nSPS) is 11.0. The van der Waals surface area contributed by atoms with E-state index in [1.807, 2.05) is 0 Å². The molecule has 2 aromatic carbocycles. The fourth-order valence-corrected chi connectivity index (χ4v) is 2.98. The Morgan fingerprint density at radius 2 is 2.04 bits per heavy atom. The van der Waals surface area contributed by atoms with E-state index in [9.17, 15) is 18.7 Å². The van der Waals surface area contributed by atoms with Crippen molar-refractivity contribution >= 4 is 44.0 Å². The average Bonchev–Trinajstić information content (AvgIpc) is 2.51. The zero-order valence-electron chi connectivity index (χ0n) is 11.8. The van der Waals surface area contributed by atoms with Gasteiger partial charge in [0.25, 0.3) is 5.91 Å². The Labute approximate surface area is 152 Å². The lowest BCUT2D eigenvalue weighted by Gasteiger charge is -2.06. The van der Waals surface area contributed by atoms with Gasteiger partial charge < -0.3 is 9.84 Å². The Bertz CT molecular complexity index is 785. The standard InChI is InChI=1S/C15H10Br2F2N2O3/c16-10-4-9(13(22)12(17)6-10)7-20-21-14(23)8-2-1-3-11(5-8)24-15(18)19/h1-7,15,22H,(H,21,23). The van der Waals surface area contributed by atoms with Gasteiger partial charge in [0.05, 0.1) is 10.7 Å². The van der Waals surface area contributed by atoms with E-state index in [2.05, 4.69) is 47.1 Å². The summed E-state index contributed by atoms with van der Waals surface area (Å²) in [6, 6.07) is 8.57. The Balaban J connectivity index is 2.08. The molecule has 0 bridgehead atoms. The molecule has 0 aliphatic rings. The number of rotatable bonds is 5. The molecule has 126 valence electrons. The zero-order chi connectivity index (χ0) is 17.7. The lowest BCUT2D eigenvalue weighted by Crippen LogP contribution is -2.17. The van der Waals surface area contributed by atoms with Gasteiger partial charge in [-0.15, -0.1) is 0 Å². The third kappa shape index (κ3) is 5.00. The molecular formula is C15H10Br2F2N2O3. The van der Waals surface area contributed by atoms with Crippen molar-refractivity contribution in [3.63, 3.8) is 0 Å². The molecule has 0 saturated carbocycles. The predicted octanol–water partition coefficient (Wildman–Crippen LogP) is 4.28. The molecule has 5 nitrogen and oxygen atoms in total. The Morgan fingerprint density at radius 1 is 1.29 bits per heavy atom. The van der Waals surface area contributed by atoms with Crippen LogP contribution in [0.2, 0.25) is 0 Å². The number of nitrogens with zero attached hydrogens (tertiary/aromatic N) is 1. The van der Waals surface area contributed by atoms with Gasteiger partial charge in [0.2, 0.25) is 0 Å². The van der Waals surface area contributed by atoms with Crippen LogP contribution >= 0.6 is 31.9 Å². The summed E-state index contributed by atoms with van der Waals surface area (Å²) in [6.45, 7) is -2.97. The molecule has 0 fully saturated rings. The van der Waals surface area contributed by atoms with Crippen LogP contribution < -0.4 is 10.2 Å². The van der Waals surface area contributed by atoms with Crippen LogP contribution in [0.3, 0.4) is 0 Å². The van der Waals surface area contributed by atoms with Gasteiger partial charge in [0.15, 0.2) is 0 Å². The Morgan fingerprint density at radius 3 is 2.75 bits per heavy atom. The fourth-order valence-electron chi connectivity index (χ4n) is 1.72. The highest BCUT2D eigenvalue weighted by atomic mass is 79.9. The van der Waals surface area contributed by atoms with Gasteiger partial charge >= 0.3 is 6.61 Å². The number of hydrogen-bond acceptors (Lipinski definition) is 4. The summed E-state index contributed by atoms with van der Waals surface area (Å²) in [7, 11) is 0. The first-order valence-electron chi connectivity index (χ1n) is 6.43. The molecule has 0 unspecified atom stereocenters. The van der Waals surface area contributed by atoms with Crippen molar-refractivity contribution < 1.29 is 23.4 Å². The third-order valence-corrected chi connectivity index (χ3v) is 3.81. The Hall–Kier alpha value is -2.00. The van der Waals surface area contributed by atoms with Crippen LogP contribution in [0.4, 0.5) is 8.78 Å². The number of carbonyl (C=O) groups is 1. The van der Waals surface area contributed by atoms with E-state index >= 15 is 0 Å². The molecule has 0 aliphatic heterocycles. The van der Waals surface area contributed by atoms with E-state index < -0.39 is 12.5 Å². The van der Waals surface area contributed by atoms with Crippen LogP contribution in [-0.2, 0) is 0 Å². The van der Waals surface area contributed by atoms with E-state index in [1.54, 1.807) is 12.1 Å². The van der Waals surface area contributed by atoms with E-state index in [1.165, 1.54) is 30.5 Å². The summed E-state index contributed by atoms with van der Waals surface area (Å²) in [6.07, 6.45) is 1.25. The number of ether oxygens (including phenoxy) is 1. The Kier molecular flexibility index (Phi) is 6.27. The molecule has 2 N–H and O–H groups in total. The second-order valence-electron chi connectivity index (χ2n) is 4.43. The number of hydrazone groups is 1. The maximum Gasteiger partial charge on any atom is 0.387 e. The minimum atomic E-state index is -2.97. The number of amides is 1. The highest BCUT2D eigenvalue weighted by Crippen LogP contribution is 2.30. The number of phenolic OH excluding ortho intramolecular Hbond substituents is 1. The highest BCUT2D eigenvalue weighted by Gasteiger charge is 2.09. The number of benzene rings is 2. The van der Waals surface area contributed by atoms with Crippen LogP contribution in [0.15, 0.2) is 50.4 Å². The number of nitrogens with one attached hydrogen (secondary N) is 1. The van der Waals surface area contributed by atoms with Gasteiger partial charge in [0.1, 0.15) is 11.5 Å². The van der Waals surface area contributed by atoms with Crippen molar-refractivity contribution in [3.8, 4) is 11.5 Å². The second-order valence-corrected chi connectivity index (χ2v) is 6.20. The van der Waals surface area contributed by atoms with Gasteiger partial charge in [-0.25, -0.2) is 5.43 Å². The van der Waals surface area contributed by atoms with Crippen LogP contribution in [0, 0.1) is 0 Å². The topological polar surface area (TPSA) is 70.9 Å². The summed E-state index contributed by atoms with van der Waals surface area (Å²) in [5.74, 6) is -0.779. The highest BCUT2D eigenvalue weighted by molar-refractivity contribution is 9.11. The lowest BCUT2D eigenvalue weighted by atomic mass is 10.2. The van der Waals surface area contributed by atoms with Crippen molar-refractivity contribution in [2.75, 3.05) is 0 Å². The lowest BCUT2D eigenvalue weighted by molar-refractivity contribution is -0.0498. The van der Waals surface area contributed by atoms with Gasteiger partial charge in [-0.3, -0.25) is 4.79 Å². The largest absolute Gasteiger partial charge is 0.506 e. The first-order valence-corrected chi connectivity index (χ1v) is 8.01. The van der Waals surface area contributed by atoms with Crippen molar-refractivity contribution in [1.82, 2.24) is 5.43 Å². The number of halogens is 4. The van der Waals surface area contributed by atoms with E-state index in [4.69, 9.17) is 0 Å². The molecule has 0 atom stereocenters. The second kappa shape index (κ2) is 8.20. The minimum absolute atomic E-state index is 0.0384. The summed E-state index contributed by atoms with van der Waals surface area (Å²) in [4.78, 5) is 11.9. The average molecular weight is 464 g/mol. The molecule has 0 spiro atoms. The number of alkyl halides is 2. The predicted molar refractivity (Wildman–Crippen MR) is 91.6 cm³/mol. The molecule has 1 amide bonds. The van der Waals surface area contributed by atoms with E-state index in [0.29, 0.717) is 14.5 Å². The van der Waals surface area contributed by atoms with Gasteiger partial charge in [0, 0.05) is 15.6 Å². The molecule has 0 aromatic heterocycles. The van der Waals surface area contributed by atoms with Gasteiger partial charge in [-0.05, 0) is 46.3 Å². The summed E-state index contributed by atoms with van der Waals surface area (Å²) >= 11 is 6.44. The van der Waals surface area contributed by atoms with Crippen molar-refractivity contribution in [3.05, 3.63) is 56.5 Å². The van der Waals surface area contributed by atoms with Gasteiger partial charge in [-0.2, -0.15) is 13.9 Å². The molecule has 9 heteroatoms. The molecule has 0 heterocycles. The van der Waals surface area contributed by atoms with E-state index in [0.717, 1.165) is 0 Å². The first-order chi connectivity index (χ1) is 11.4. The summed E-state index contributed by atoms with van der Waals surface area (Å²) in [5.41, 5.74) is 2.71. The molecule has 2 aromatic rings. The quantitative estimate of drug-likeness (QED) is 0.513.